The lowest BCUT2D eigenvalue weighted by Crippen LogP contribution is -2.43. The topological polar surface area (TPSA) is 49.4 Å². The summed E-state index contributed by atoms with van der Waals surface area (Å²) in [5, 5.41) is 3.37. The van der Waals surface area contributed by atoms with Crippen molar-refractivity contribution in [3.8, 4) is 0 Å². The second kappa shape index (κ2) is 6.87. The van der Waals surface area contributed by atoms with Gasteiger partial charge in [-0.2, -0.15) is 4.31 Å². The molecule has 2 aliphatic rings. The van der Waals surface area contributed by atoms with Crippen LogP contribution in [0.4, 0.5) is 0 Å². The molecule has 0 bridgehead atoms. The van der Waals surface area contributed by atoms with E-state index in [1.165, 1.54) is 5.56 Å². The second-order valence-electron chi connectivity index (χ2n) is 6.55. The van der Waals surface area contributed by atoms with E-state index in [0.717, 1.165) is 19.5 Å². The zero-order chi connectivity index (χ0) is 15.0. The number of rotatable bonds is 3. The maximum Gasteiger partial charge on any atom is 0.243 e. The Labute approximate surface area is 139 Å². The summed E-state index contributed by atoms with van der Waals surface area (Å²) in [4.78, 5) is 0.427. The van der Waals surface area contributed by atoms with Crippen molar-refractivity contribution in [1.82, 2.24) is 9.62 Å². The summed E-state index contributed by atoms with van der Waals surface area (Å²) in [7, 11) is -3.34. The lowest BCUT2D eigenvalue weighted by molar-refractivity contribution is 0.228. The van der Waals surface area contributed by atoms with Gasteiger partial charge in [-0.3, -0.25) is 0 Å². The van der Waals surface area contributed by atoms with Gasteiger partial charge < -0.3 is 5.32 Å². The molecule has 1 N–H and O–H groups in total. The van der Waals surface area contributed by atoms with Crippen molar-refractivity contribution in [2.75, 3.05) is 26.2 Å². The predicted molar refractivity (Wildman–Crippen MR) is 91.0 cm³/mol. The molecule has 1 aromatic carbocycles. The average Bonchev–Trinajstić information content (AvgIpc) is 2.94. The first kappa shape index (κ1) is 17.7. The van der Waals surface area contributed by atoms with Crippen LogP contribution in [0.5, 0.6) is 0 Å². The third kappa shape index (κ3) is 3.32. The molecular weight excluding hydrogens is 320 g/mol. The molecule has 0 amide bonds. The Balaban J connectivity index is 0.00000176. The van der Waals surface area contributed by atoms with Gasteiger partial charge in [0.25, 0.3) is 0 Å². The van der Waals surface area contributed by atoms with Crippen molar-refractivity contribution >= 4 is 22.4 Å². The van der Waals surface area contributed by atoms with Gasteiger partial charge in [0.2, 0.25) is 10.0 Å². The van der Waals surface area contributed by atoms with Gasteiger partial charge in [0.1, 0.15) is 0 Å². The third-order valence-corrected chi connectivity index (χ3v) is 6.73. The Morgan fingerprint density at radius 1 is 1.14 bits per heavy atom. The Morgan fingerprint density at radius 3 is 2.41 bits per heavy atom. The SMILES string of the molecule is CC(C)c1ccc(S(=O)(=O)N2CCC3CNCC3C2)cc1.Cl. The Kier molecular flexibility index (Phi) is 5.54. The fourth-order valence-electron chi connectivity index (χ4n) is 3.39. The zero-order valence-electron chi connectivity index (χ0n) is 13.2. The number of benzene rings is 1. The van der Waals surface area contributed by atoms with Crippen molar-refractivity contribution < 1.29 is 8.42 Å². The zero-order valence-corrected chi connectivity index (χ0v) is 14.8. The van der Waals surface area contributed by atoms with Gasteiger partial charge in [-0.25, -0.2) is 8.42 Å². The van der Waals surface area contributed by atoms with Gasteiger partial charge in [-0.05, 0) is 55.0 Å². The minimum absolute atomic E-state index is 0. The first-order chi connectivity index (χ1) is 9.98. The molecule has 124 valence electrons. The van der Waals surface area contributed by atoms with E-state index in [2.05, 4.69) is 19.2 Å². The van der Waals surface area contributed by atoms with Crippen LogP contribution in [0.3, 0.4) is 0 Å². The summed E-state index contributed by atoms with van der Waals surface area (Å²) >= 11 is 0. The van der Waals surface area contributed by atoms with E-state index >= 15 is 0 Å². The number of nitrogens with one attached hydrogen (secondary N) is 1. The molecule has 4 nitrogen and oxygen atoms in total. The fourth-order valence-corrected chi connectivity index (χ4v) is 4.91. The van der Waals surface area contributed by atoms with Crippen LogP contribution in [0.2, 0.25) is 0 Å². The fraction of sp³-hybridized carbons (Fsp3) is 0.625. The Hall–Kier alpha value is -0.620. The van der Waals surface area contributed by atoms with Crippen molar-refractivity contribution in [2.24, 2.45) is 11.8 Å². The molecule has 0 aliphatic carbocycles. The van der Waals surface area contributed by atoms with Gasteiger partial charge in [-0.1, -0.05) is 26.0 Å². The van der Waals surface area contributed by atoms with Crippen LogP contribution in [-0.4, -0.2) is 38.9 Å². The third-order valence-electron chi connectivity index (χ3n) is 4.85. The maximum atomic E-state index is 12.8. The summed E-state index contributed by atoms with van der Waals surface area (Å²) in [6, 6.07) is 7.37. The molecule has 1 aromatic rings. The van der Waals surface area contributed by atoms with Gasteiger partial charge in [0.05, 0.1) is 4.90 Å². The highest BCUT2D eigenvalue weighted by Crippen LogP contribution is 2.30. The summed E-state index contributed by atoms with van der Waals surface area (Å²) < 4.78 is 27.2. The highest BCUT2D eigenvalue weighted by Gasteiger charge is 2.37. The molecule has 2 saturated heterocycles. The minimum atomic E-state index is -3.34. The van der Waals surface area contributed by atoms with Crippen LogP contribution in [-0.2, 0) is 10.0 Å². The van der Waals surface area contributed by atoms with Crippen molar-refractivity contribution in [2.45, 2.75) is 31.1 Å². The molecule has 3 rings (SSSR count). The average molecular weight is 345 g/mol. The lowest BCUT2D eigenvalue weighted by Gasteiger charge is -2.33. The highest BCUT2D eigenvalue weighted by atomic mass is 35.5. The molecule has 0 aromatic heterocycles. The van der Waals surface area contributed by atoms with E-state index in [-0.39, 0.29) is 12.4 Å². The van der Waals surface area contributed by atoms with E-state index in [1.54, 1.807) is 16.4 Å². The summed E-state index contributed by atoms with van der Waals surface area (Å²) in [5.74, 6) is 1.55. The molecule has 22 heavy (non-hydrogen) atoms. The molecular formula is C16H25ClN2O2S. The Bertz CT molecular complexity index is 601. The maximum absolute atomic E-state index is 12.8. The normalized spacial score (nSPS) is 25.8. The van der Waals surface area contributed by atoms with E-state index in [9.17, 15) is 8.42 Å². The number of fused-ring (bicyclic) bond motifs is 1. The van der Waals surface area contributed by atoms with Crippen molar-refractivity contribution in [3.05, 3.63) is 29.8 Å². The summed E-state index contributed by atoms with van der Waals surface area (Å²) in [5.41, 5.74) is 1.17. The molecule has 2 atom stereocenters. The number of sulfonamides is 1. The Morgan fingerprint density at radius 2 is 1.77 bits per heavy atom. The van der Waals surface area contributed by atoms with Crippen molar-refractivity contribution in [3.63, 3.8) is 0 Å². The molecule has 0 spiro atoms. The molecule has 2 unspecified atom stereocenters. The quantitative estimate of drug-likeness (QED) is 0.916. The molecule has 2 heterocycles. The minimum Gasteiger partial charge on any atom is -0.316 e. The number of hydrogen-bond donors (Lipinski definition) is 1. The second-order valence-corrected chi connectivity index (χ2v) is 8.49. The summed E-state index contributed by atoms with van der Waals surface area (Å²) in [6.07, 6.45) is 0.973. The van der Waals surface area contributed by atoms with Gasteiger partial charge >= 0.3 is 0 Å². The number of halogens is 1. The van der Waals surface area contributed by atoms with Gasteiger partial charge in [-0.15, -0.1) is 12.4 Å². The largest absolute Gasteiger partial charge is 0.316 e. The smallest absolute Gasteiger partial charge is 0.243 e. The van der Waals surface area contributed by atoms with Crippen LogP contribution < -0.4 is 5.32 Å². The lowest BCUT2D eigenvalue weighted by atomic mass is 9.90. The number of nitrogens with zero attached hydrogens (tertiary/aromatic N) is 1. The van der Waals surface area contributed by atoms with Gasteiger partial charge in [0.15, 0.2) is 0 Å². The highest BCUT2D eigenvalue weighted by molar-refractivity contribution is 7.89. The van der Waals surface area contributed by atoms with E-state index in [4.69, 9.17) is 0 Å². The molecule has 6 heteroatoms. The molecule has 0 radical (unpaired) electrons. The first-order valence-corrected chi connectivity index (χ1v) is 9.23. The van der Waals surface area contributed by atoms with Crippen LogP contribution in [0, 0.1) is 11.8 Å². The summed E-state index contributed by atoms with van der Waals surface area (Å²) in [6.45, 7) is 7.52. The standard InChI is InChI=1S/C16H24N2O2S.ClH/c1-12(2)13-3-5-16(6-4-13)21(19,20)18-8-7-14-9-17-10-15(14)11-18;/h3-6,12,14-15,17H,7-11H2,1-2H3;1H. The molecule has 2 aliphatic heterocycles. The monoisotopic (exact) mass is 344 g/mol. The van der Waals surface area contributed by atoms with Crippen LogP contribution in [0.1, 0.15) is 31.7 Å². The van der Waals surface area contributed by atoms with E-state index < -0.39 is 10.0 Å². The van der Waals surface area contributed by atoms with Crippen LogP contribution in [0.25, 0.3) is 0 Å². The molecule has 2 fully saturated rings. The number of piperidine rings is 1. The first-order valence-electron chi connectivity index (χ1n) is 7.79. The van der Waals surface area contributed by atoms with Crippen LogP contribution in [0.15, 0.2) is 29.2 Å². The van der Waals surface area contributed by atoms with Crippen molar-refractivity contribution in [1.29, 1.82) is 0 Å². The molecule has 0 saturated carbocycles. The van der Waals surface area contributed by atoms with Crippen LogP contribution >= 0.6 is 12.4 Å². The van der Waals surface area contributed by atoms with Gasteiger partial charge in [0, 0.05) is 13.1 Å². The predicted octanol–water partition coefficient (Wildman–Crippen LogP) is 2.46. The number of hydrogen-bond acceptors (Lipinski definition) is 3. The van der Waals surface area contributed by atoms with E-state index in [1.807, 2.05) is 12.1 Å². The van der Waals surface area contributed by atoms with E-state index in [0.29, 0.717) is 35.7 Å².